The molecule has 0 saturated carbocycles. The number of nitrogens with one attached hydrogen (secondary N) is 3. The summed E-state index contributed by atoms with van der Waals surface area (Å²) in [5, 5.41) is 3.62. The largest absolute Gasteiger partial charge is 0.497 e. The zero-order chi connectivity index (χ0) is 19.9. The van der Waals surface area contributed by atoms with Crippen molar-refractivity contribution >= 4 is 40.0 Å². The van der Waals surface area contributed by atoms with E-state index in [9.17, 15) is 9.59 Å². The average molecular weight is 396 g/mol. The Bertz CT molecular complexity index is 998. The second kappa shape index (κ2) is 9.01. The first kappa shape index (κ1) is 19.4. The summed E-state index contributed by atoms with van der Waals surface area (Å²) in [4.78, 5) is 24.2. The van der Waals surface area contributed by atoms with Crippen LogP contribution in [0.2, 0.25) is 0 Å². The van der Waals surface area contributed by atoms with Gasteiger partial charge in [0.05, 0.1) is 13.5 Å². The van der Waals surface area contributed by atoms with Crippen LogP contribution in [-0.4, -0.2) is 28.6 Å². The van der Waals surface area contributed by atoms with Crippen LogP contribution in [0.3, 0.4) is 0 Å². The van der Waals surface area contributed by atoms with Gasteiger partial charge in [0, 0.05) is 11.7 Å². The third-order valence-corrected chi connectivity index (χ3v) is 4.29. The molecule has 28 heavy (non-hydrogen) atoms. The van der Waals surface area contributed by atoms with Crippen molar-refractivity contribution in [3.05, 3.63) is 66.4 Å². The van der Waals surface area contributed by atoms with Crippen molar-refractivity contribution < 1.29 is 14.3 Å². The van der Waals surface area contributed by atoms with Crippen molar-refractivity contribution in [2.24, 2.45) is 0 Å². The second-order valence-corrected chi connectivity index (χ2v) is 6.49. The Morgan fingerprint density at radius 1 is 1.00 bits per heavy atom. The summed E-state index contributed by atoms with van der Waals surface area (Å²) in [6, 6.07) is 16.9. The van der Waals surface area contributed by atoms with E-state index in [2.05, 4.69) is 16.2 Å². The minimum atomic E-state index is -0.284. The van der Waals surface area contributed by atoms with Crippen molar-refractivity contribution in [3.8, 4) is 5.75 Å². The summed E-state index contributed by atoms with van der Waals surface area (Å²) in [5.41, 5.74) is 6.82. The maximum Gasteiger partial charge on any atom is 0.258 e. The van der Waals surface area contributed by atoms with Gasteiger partial charge >= 0.3 is 0 Å². The van der Waals surface area contributed by atoms with Crippen LogP contribution in [0.4, 0.5) is 0 Å². The van der Waals surface area contributed by atoms with Gasteiger partial charge in [-0.2, -0.15) is 0 Å². The molecule has 0 spiro atoms. The number of thiocarbonyl (C=S) groups is 1. The van der Waals surface area contributed by atoms with Gasteiger partial charge in [-0.1, -0.05) is 30.3 Å². The quantitative estimate of drug-likeness (QED) is 0.453. The van der Waals surface area contributed by atoms with Crippen LogP contribution < -0.4 is 20.9 Å². The van der Waals surface area contributed by atoms with Crippen LogP contribution in [0.15, 0.2) is 60.8 Å². The lowest BCUT2D eigenvalue weighted by molar-refractivity contribution is -0.122. The van der Waals surface area contributed by atoms with Crippen LogP contribution in [0.5, 0.6) is 5.75 Å². The number of nitrogens with zero attached hydrogens (tertiary/aromatic N) is 1. The van der Waals surface area contributed by atoms with Crippen LogP contribution in [0.25, 0.3) is 10.9 Å². The van der Waals surface area contributed by atoms with Crippen molar-refractivity contribution in [1.82, 2.24) is 20.7 Å². The third-order valence-electron chi connectivity index (χ3n) is 4.09. The minimum Gasteiger partial charge on any atom is -0.497 e. The van der Waals surface area contributed by atoms with Crippen LogP contribution in [0.1, 0.15) is 5.56 Å². The number of aromatic nitrogens is 1. The number of amides is 2. The number of hydrazine groups is 1. The van der Waals surface area contributed by atoms with E-state index in [1.165, 1.54) is 0 Å². The molecule has 8 heteroatoms. The van der Waals surface area contributed by atoms with Crippen LogP contribution in [-0.2, 0) is 22.6 Å². The fraction of sp³-hybridized carbons (Fsp3) is 0.150. The molecule has 3 aromatic rings. The topological polar surface area (TPSA) is 84.4 Å². The highest BCUT2D eigenvalue weighted by Gasteiger charge is 2.09. The number of methoxy groups -OCH3 is 1. The van der Waals surface area contributed by atoms with Gasteiger partial charge in [0.25, 0.3) is 5.91 Å². The van der Waals surface area contributed by atoms with E-state index in [1.54, 1.807) is 31.4 Å². The highest BCUT2D eigenvalue weighted by atomic mass is 32.1. The minimum absolute atomic E-state index is 0.0317. The molecule has 0 fully saturated rings. The zero-order valence-corrected chi connectivity index (χ0v) is 16.1. The molecule has 0 saturated heterocycles. The van der Waals surface area contributed by atoms with Crippen molar-refractivity contribution in [2.75, 3.05) is 7.11 Å². The average Bonchev–Trinajstić information content (AvgIpc) is 3.10. The monoisotopic (exact) mass is 396 g/mol. The number of hydrogen-bond acceptors (Lipinski definition) is 4. The number of para-hydroxylation sites is 1. The molecule has 0 aliphatic rings. The number of ether oxygens (including phenoxy) is 1. The maximum absolute atomic E-state index is 12.1. The lowest BCUT2D eigenvalue weighted by Gasteiger charge is -2.12. The summed E-state index contributed by atoms with van der Waals surface area (Å²) in [5.74, 6) is 0.154. The molecular formula is C20H20N4O3S. The van der Waals surface area contributed by atoms with Gasteiger partial charge in [-0.25, -0.2) is 0 Å². The Morgan fingerprint density at radius 2 is 1.75 bits per heavy atom. The Kier molecular flexibility index (Phi) is 6.23. The highest BCUT2D eigenvalue weighted by Crippen LogP contribution is 2.14. The molecule has 0 aliphatic carbocycles. The molecule has 2 aromatic carbocycles. The highest BCUT2D eigenvalue weighted by molar-refractivity contribution is 7.80. The number of hydrogen-bond donors (Lipinski definition) is 3. The lowest BCUT2D eigenvalue weighted by atomic mass is 10.1. The van der Waals surface area contributed by atoms with Gasteiger partial charge in [-0.15, -0.1) is 0 Å². The molecule has 1 heterocycles. The lowest BCUT2D eigenvalue weighted by Crippen LogP contribution is -2.49. The fourth-order valence-corrected chi connectivity index (χ4v) is 2.89. The molecule has 0 radical (unpaired) electrons. The molecule has 0 unspecified atom stereocenters. The summed E-state index contributed by atoms with van der Waals surface area (Å²) in [7, 11) is 1.58. The summed E-state index contributed by atoms with van der Waals surface area (Å²) in [6.07, 6.45) is 2.01. The van der Waals surface area contributed by atoms with E-state index in [0.717, 1.165) is 22.2 Å². The van der Waals surface area contributed by atoms with E-state index in [1.807, 2.05) is 41.1 Å². The molecular weight excluding hydrogens is 376 g/mol. The summed E-state index contributed by atoms with van der Waals surface area (Å²) in [6.45, 7) is 0.128. The Balaban J connectivity index is 1.44. The molecule has 0 atom stereocenters. The van der Waals surface area contributed by atoms with Crippen molar-refractivity contribution in [1.29, 1.82) is 0 Å². The maximum atomic E-state index is 12.1. The normalized spacial score (nSPS) is 10.3. The van der Waals surface area contributed by atoms with Gasteiger partial charge in [0.15, 0.2) is 5.11 Å². The fourth-order valence-electron chi connectivity index (χ4n) is 2.73. The molecule has 3 N–H and O–H groups in total. The van der Waals surface area contributed by atoms with Gasteiger partial charge in [0.1, 0.15) is 12.3 Å². The van der Waals surface area contributed by atoms with E-state index in [0.29, 0.717) is 0 Å². The first-order valence-electron chi connectivity index (χ1n) is 8.60. The first-order chi connectivity index (χ1) is 13.5. The van der Waals surface area contributed by atoms with Gasteiger partial charge < -0.3 is 14.6 Å². The standard InChI is InChI=1S/C20H20N4O3S/c1-27-16-8-6-14(7-9-16)12-18(25)21-20(28)23-22-19(26)13-24-11-10-15-4-2-3-5-17(15)24/h2-11H,12-13H2,1H3,(H,22,26)(H2,21,23,25,28). The predicted octanol–water partition coefficient (Wildman–Crippen LogP) is 1.91. The van der Waals surface area contributed by atoms with E-state index in [4.69, 9.17) is 17.0 Å². The van der Waals surface area contributed by atoms with Crippen LogP contribution >= 0.6 is 12.2 Å². The van der Waals surface area contributed by atoms with Gasteiger partial charge in [0.2, 0.25) is 5.91 Å². The van der Waals surface area contributed by atoms with Crippen molar-refractivity contribution in [3.63, 3.8) is 0 Å². The third kappa shape index (κ3) is 5.08. The van der Waals surface area contributed by atoms with Crippen molar-refractivity contribution in [2.45, 2.75) is 13.0 Å². The number of benzene rings is 2. The number of fused-ring (bicyclic) bond motifs is 1. The number of rotatable bonds is 5. The predicted molar refractivity (Wildman–Crippen MR) is 111 cm³/mol. The smallest absolute Gasteiger partial charge is 0.258 e. The molecule has 1 aromatic heterocycles. The SMILES string of the molecule is COc1ccc(CC(=O)NC(=S)NNC(=O)Cn2ccc3ccccc32)cc1. The first-order valence-corrected chi connectivity index (χ1v) is 9.01. The van der Waals surface area contributed by atoms with Gasteiger partial charge in [-0.05, 0) is 47.4 Å². The van der Waals surface area contributed by atoms with E-state index in [-0.39, 0.29) is 29.9 Å². The molecule has 3 rings (SSSR count). The molecule has 0 bridgehead atoms. The Morgan fingerprint density at radius 3 is 2.50 bits per heavy atom. The Hall–Kier alpha value is -3.39. The van der Waals surface area contributed by atoms with Crippen LogP contribution in [0, 0.1) is 0 Å². The number of carbonyl (C=O) groups excluding carboxylic acids is 2. The van der Waals surface area contributed by atoms with Gasteiger partial charge in [-0.3, -0.25) is 20.4 Å². The molecule has 0 aliphatic heterocycles. The Labute approximate surface area is 167 Å². The summed E-state index contributed by atoms with van der Waals surface area (Å²) >= 11 is 5.04. The van der Waals surface area contributed by atoms with E-state index < -0.39 is 0 Å². The van der Waals surface area contributed by atoms with E-state index >= 15 is 0 Å². The molecule has 144 valence electrons. The zero-order valence-electron chi connectivity index (χ0n) is 15.3. The number of carbonyl (C=O) groups is 2. The summed E-state index contributed by atoms with van der Waals surface area (Å²) < 4.78 is 6.91. The second-order valence-electron chi connectivity index (χ2n) is 6.08. The molecule has 2 amide bonds. The molecule has 7 nitrogen and oxygen atoms in total.